The predicted octanol–water partition coefficient (Wildman–Crippen LogP) is 1.39. The molecule has 1 N–H and O–H groups in total. The van der Waals surface area contributed by atoms with Crippen molar-refractivity contribution < 1.29 is 9.53 Å². The van der Waals surface area contributed by atoms with Gasteiger partial charge in [-0.3, -0.25) is 4.79 Å². The lowest BCUT2D eigenvalue weighted by Crippen LogP contribution is -2.23. The van der Waals surface area contributed by atoms with Gasteiger partial charge in [-0.1, -0.05) is 6.07 Å². The standard InChI is InChI=1S/C17H20N6O2/c1-11-14(12(2)23-17(22-11)20-10-21-23)5-6-15(24)18-8-13-4-7-16(25-3)19-9-13/h4,7,9-10H,5-6,8H2,1-3H3,(H,18,24). The van der Waals surface area contributed by atoms with E-state index in [-0.39, 0.29) is 5.91 Å². The molecule has 0 aliphatic heterocycles. The fourth-order valence-electron chi connectivity index (χ4n) is 2.68. The first-order valence-electron chi connectivity index (χ1n) is 8.00. The van der Waals surface area contributed by atoms with Crippen LogP contribution in [0.5, 0.6) is 5.88 Å². The topological polar surface area (TPSA) is 94.3 Å². The zero-order chi connectivity index (χ0) is 17.8. The van der Waals surface area contributed by atoms with Gasteiger partial charge in [0, 0.05) is 36.6 Å². The monoisotopic (exact) mass is 340 g/mol. The average molecular weight is 340 g/mol. The molecule has 0 atom stereocenters. The van der Waals surface area contributed by atoms with E-state index in [4.69, 9.17) is 4.74 Å². The average Bonchev–Trinajstić information content (AvgIpc) is 3.08. The lowest BCUT2D eigenvalue weighted by Gasteiger charge is -2.10. The van der Waals surface area contributed by atoms with E-state index in [1.165, 1.54) is 6.33 Å². The summed E-state index contributed by atoms with van der Waals surface area (Å²) >= 11 is 0. The van der Waals surface area contributed by atoms with Crippen LogP contribution in [0.1, 0.15) is 28.9 Å². The summed E-state index contributed by atoms with van der Waals surface area (Å²) in [5, 5.41) is 7.07. The number of methoxy groups -OCH3 is 1. The molecule has 8 heteroatoms. The molecule has 0 aliphatic rings. The number of nitrogens with zero attached hydrogens (tertiary/aromatic N) is 5. The molecule has 1 amide bonds. The number of nitrogens with one attached hydrogen (secondary N) is 1. The highest BCUT2D eigenvalue weighted by molar-refractivity contribution is 5.76. The van der Waals surface area contributed by atoms with Gasteiger partial charge in [0.2, 0.25) is 11.8 Å². The quantitative estimate of drug-likeness (QED) is 0.729. The molecule has 0 aliphatic carbocycles. The molecule has 3 rings (SSSR count). The maximum absolute atomic E-state index is 12.1. The Labute approximate surface area is 145 Å². The van der Waals surface area contributed by atoms with Gasteiger partial charge in [0.15, 0.2) is 0 Å². The van der Waals surface area contributed by atoms with E-state index in [0.717, 1.165) is 22.5 Å². The first-order valence-corrected chi connectivity index (χ1v) is 8.00. The summed E-state index contributed by atoms with van der Waals surface area (Å²) in [5.74, 6) is 1.11. The molecule has 0 radical (unpaired) electrons. The fourth-order valence-corrected chi connectivity index (χ4v) is 2.68. The van der Waals surface area contributed by atoms with E-state index in [9.17, 15) is 4.79 Å². The van der Waals surface area contributed by atoms with Crippen molar-refractivity contribution in [2.75, 3.05) is 7.11 Å². The third-order valence-corrected chi connectivity index (χ3v) is 4.09. The Bertz CT molecular complexity index is 888. The van der Waals surface area contributed by atoms with Gasteiger partial charge in [-0.25, -0.2) is 14.5 Å². The largest absolute Gasteiger partial charge is 0.481 e. The van der Waals surface area contributed by atoms with E-state index in [1.54, 1.807) is 23.9 Å². The number of carbonyl (C=O) groups is 1. The van der Waals surface area contributed by atoms with Gasteiger partial charge in [0.05, 0.1) is 7.11 Å². The van der Waals surface area contributed by atoms with Crippen molar-refractivity contribution in [2.45, 2.75) is 33.2 Å². The van der Waals surface area contributed by atoms with Crippen molar-refractivity contribution >= 4 is 11.7 Å². The van der Waals surface area contributed by atoms with E-state index < -0.39 is 0 Å². The van der Waals surface area contributed by atoms with Gasteiger partial charge in [-0.15, -0.1) is 0 Å². The molecule has 0 saturated heterocycles. The molecule has 0 fully saturated rings. The minimum atomic E-state index is -0.0201. The molecule has 3 aromatic rings. The van der Waals surface area contributed by atoms with E-state index in [1.807, 2.05) is 19.9 Å². The zero-order valence-corrected chi connectivity index (χ0v) is 14.5. The van der Waals surface area contributed by atoms with Crippen LogP contribution < -0.4 is 10.1 Å². The molecule has 0 aromatic carbocycles. The maximum atomic E-state index is 12.1. The number of fused-ring (bicyclic) bond motifs is 1. The first-order chi connectivity index (χ1) is 12.1. The Morgan fingerprint density at radius 3 is 2.84 bits per heavy atom. The van der Waals surface area contributed by atoms with Crippen LogP contribution in [0.25, 0.3) is 5.78 Å². The summed E-state index contributed by atoms with van der Waals surface area (Å²) in [6.07, 6.45) is 4.16. The van der Waals surface area contributed by atoms with E-state index in [2.05, 4.69) is 25.4 Å². The van der Waals surface area contributed by atoms with Crippen molar-refractivity contribution in [2.24, 2.45) is 0 Å². The highest BCUT2D eigenvalue weighted by Gasteiger charge is 2.12. The molecule has 3 heterocycles. The molecule has 0 bridgehead atoms. The molecule has 130 valence electrons. The third kappa shape index (κ3) is 3.73. The molecule has 0 unspecified atom stereocenters. The summed E-state index contributed by atoms with van der Waals surface area (Å²) in [7, 11) is 1.57. The predicted molar refractivity (Wildman–Crippen MR) is 91.2 cm³/mol. The number of hydrogen-bond donors (Lipinski definition) is 1. The number of pyridine rings is 1. The minimum Gasteiger partial charge on any atom is -0.481 e. The highest BCUT2D eigenvalue weighted by atomic mass is 16.5. The number of ether oxygens (including phenoxy) is 1. The summed E-state index contributed by atoms with van der Waals surface area (Å²) in [4.78, 5) is 24.8. The van der Waals surface area contributed by atoms with Crippen molar-refractivity contribution in [3.63, 3.8) is 0 Å². The maximum Gasteiger partial charge on any atom is 0.252 e. The molecule has 8 nitrogen and oxygen atoms in total. The smallest absolute Gasteiger partial charge is 0.252 e. The van der Waals surface area contributed by atoms with Crippen molar-refractivity contribution in [1.82, 2.24) is 29.9 Å². The van der Waals surface area contributed by atoms with Crippen molar-refractivity contribution in [1.29, 1.82) is 0 Å². The van der Waals surface area contributed by atoms with Gasteiger partial charge in [0.1, 0.15) is 6.33 Å². The number of amides is 1. The van der Waals surface area contributed by atoms with Crippen LogP contribution in [0.15, 0.2) is 24.7 Å². The number of rotatable bonds is 6. The van der Waals surface area contributed by atoms with Crippen molar-refractivity contribution in [3.8, 4) is 5.88 Å². The molecule has 0 saturated carbocycles. The van der Waals surface area contributed by atoms with Crippen LogP contribution in [0, 0.1) is 13.8 Å². The molecular formula is C17H20N6O2. The second-order valence-corrected chi connectivity index (χ2v) is 5.72. The molecule has 0 spiro atoms. The third-order valence-electron chi connectivity index (χ3n) is 4.09. The van der Waals surface area contributed by atoms with Crippen LogP contribution in [-0.4, -0.2) is 37.6 Å². The lowest BCUT2D eigenvalue weighted by atomic mass is 10.1. The summed E-state index contributed by atoms with van der Waals surface area (Å²) < 4.78 is 6.71. The van der Waals surface area contributed by atoms with Gasteiger partial charge in [-0.05, 0) is 31.4 Å². The minimum absolute atomic E-state index is 0.0201. The van der Waals surface area contributed by atoms with Crippen LogP contribution in [0.2, 0.25) is 0 Å². The Morgan fingerprint density at radius 1 is 1.28 bits per heavy atom. The SMILES string of the molecule is COc1ccc(CNC(=O)CCc2c(C)nc3ncnn3c2C)cn1. The number of hydrogen-bond acceptors (Lipinski definition) is 6. The summed E-state index contributed by atoms with van der Waals surface area (Å²) in [6, 6.07) is 3.65. The molecular weight excluding hydrogens is 320 g/mol. The van der Waals surface area contributed by atoms with Gasteiger partial charge >= 0.3 is 0 Å². The summed E-state index contributed by atoms with van der Waals surface area (Å²) in [6.45, 7) is 4.33. The number of carbonyl (C=O) groups excluding carboxylic acids is 1. The highest BCUT2D eigenvalue weighted by Crippen LogP contribution is 2.15. The Balaban J connectivity index is 1.58. The van der Waals surface area contributed by atoms with Gasteiger partial charge in [0.25, 0.3) is 5.78 Å². The second kappa shape index (κ2) is 7.25. The second-order valence-electron chi connectivity index (χ2n) is 5.72. The Morgan fingerprint density at radius 2 is 2.12 bits per heavy atom. The van der Waals surface area contributed by atoms with Crippen LogP contribution in [0.3, 0.4) is 0 Å². The number of aromatic nitrogens is 5. The van der Waals surface area contributed by atoms with Crippen molar-refractivity contribution in [3.05, 3.63) is 47.2 Å². The Hall–Kier alpha value is -3.03. The van der Waals surface area contributed by atoms with Crippen LogP contribution >= 0.6 is 0 Å². The Kier molecular flexibility index (Phi) is 4.87. The summed E-state index contributed by atoms with van der Waals surface area (Å²) in [5.41, 5.74) is 3.80. The van der Waals surface area contributed by atoms with Crippen LogP contribution in [-0.2, 0) is 17.8 Å². The van der Waals surface area contributed by atoms with Crippen LogP contribution in [0.4, 0.5) is 0 Å². The normalized spacial score (nSPS) is 10.8. The zero-order valence-electron chi connectivity index (χ0n) is 14.5. The van der Waals surface area contributed by atoms with E-state index in [0.29, 0.717) is 31.0 Å². The molecule has 3 aromatic heterocycles. The lowest BCUT2D eigenvalue weighted by molar-refractivity contribution is -0.121. The fraction of sp³-hybridized carbons (Fsp3) is 0.353. The first kappa shape index (κ1) is 16.8. The van der Waals surface area contributed by atoms with Gasteiger partial charge in [-0.2, -0.15) is 10.1 Å². The number of aryl methyl sites for hydroxylation is 2. The van der Waals surface area contributed by atoms with E-state index >= 15 is 0 Å². The molecule has 25 heavy (non-hydrogen) atoms. The van der Waals surface area contributed by atoms with Gasteiger partial charge < -0.3 is 10.1 Å².